The molecule has 0 bridgehead atoms. The number of nitrogens with two attached hydrogens (primary N) is 1. The summed E-state index contributed by atoms with van der Waals surface area (Å²) in [6.45, 7) is 0.577. The van der Waals surface area contributed by atoms with Crippen molar-refractivity contribution in [3.63, 3.8) is 0 Å². The standard InChI is InChI=1S/C8H18N2O2S/c1-13(11,12)10-8-5-3-2-4-7(8)6-9/h7-8,10H,2-6,9H2,1H3/t7-,8-/m0/s1. The Bertz CT molecular complexity index is 251. The van der Waals surface area contributed by atoms with Crippen molar-refractivity contribution in [3.8, 4) is 0 Å². The number of rotatable bonds is 3. The molecule has 13 heavy (non-hydrogen) atoms. The SMILES string of the molecule is CS(=O)(=O)N[C@H]1CCCC[C@H]1CN. The van der Waals surface area contributed by atoms with E-state index < -0.39 is 10.0 Å². The molecule has 1 saturated carbocycles. The third-order valence-electron chi connectivity index (χ3n) is 2.58. The van der Waals surface area contributed by atoms with Gasteiger partial charge >= 0.3 is 0 Å². The van der Waals surface area contributed by atoms with Gasteiger partial charge in [0, 0.05) is 6.04 Å². The number of nitrogens with one attached hydrogen (secondary N) is 1. The van der Waals surface area contributed by atoms with Crippen molar-refractivity contribution in [3.05, 3.63) is 0 Å². The molecule has 0 aromatic carbocycles. The number of hydrogen-bond donors (Lipinski definition) is 2. The first-order valence-corrected chi connectivity index (χ1v) is 6.59. The molecule has 0 aliphatic heterocycles. The summed E-state index contributed by atoms with van der Waals surface area (Å²) in [5, 5.41) is 0. The lowest BCUT2D eigenvalue weighted by Crippen LogP contribution is -2.44. The van der Waals surface area contributed by atoms with Gasteiger partial charge in [-0.1, -0.05) is 12.8 Å². The first-order valence-electron chi connectivity index (χ1n) is 4.70. The van der Waals surface area contributed by atoms with Gasteiger partial charge in [-0.15, -0.1) is 0 Å². The molecule has 0 radical (unpaired) electrons. The van der Waals surface area contributed by atoms with Crippen LogP contribution in [-0.4, -0.2) is 27.3 Å². The molecule has 5 heteroatoms. The van der Waals surface area contributed by atoms with Crippen LogP contribution in [0, 0.1) is 5.92 Å². The molecule has 1 aliphatic carbocycles. The second kappa shape index (κ2) is 4.39. The van der Waals surface area contributed by atoms with E-state index in [2.05, 4.69) is 4.72 Å². The van der Waals surface area contributed by atoms with Crippen LogP contribution in [0.4, 0.5) is 0 Å². The van der Waals surface area contributed by atoms with Gasteiger partial charge in [0.1, 0.15) is 0 Å². The quantitative estimate of drug-likeness (QED) is 0.685. The first kappa shape index (κ1) is 10.9. The maximum atomic E-state index is 11.0. The van der Waals surface area contributed by atoms with E-state index in [0.717, 1.165) is 19.3 Å². The molecular weight excluding hydrogens is 188 g/mol. The molecule has 0 spiro atoms. The molecule has 0 heterocycles. The van der Waals surface area contributed by atoms with Crippen molar-refractivity contribution in [2.45, 2.75) is 31.7 Å². The lowest BCUT2D eigenvalue weighted by atomic mass is 9.85. The fraction of sp³-hybridized carbons (Fsp3) is 1.00. The van der Waals surface area contributed by atoms with E-state index in [1.807, 2.05) is 0 Å². The highest BCUT2D eigenvalue weighted by Crippen LogP contribution is 2.23. The number of hydrogen-bond acceptors (Lipinski definition) is 3. The van der Waals surface area contributed by atoms with Crippen molar-refractivity contribution in [1.82, 2.24) is 4.72 Å². The minimum Gasteiger partial charge on any atom is -0.330 e. The van der Waals surface area contributed by atoms with E-state index in [9.17, 15) is 8.42 Å². The monoisotopic (exact) mass is 206 g/mol. The highest BCUT2D eigenvalue weighted by molar-refractivity contribution is 7.88. The van der Waals surface area contributed by atoms with E-state index >= 15 is 0 Å². The van der Waals surface area contributed by atoms with Gasteiger partial charge in [0.2, 0.25) is 10.0 Å². The van der Waals surface area contributed by atoms with Crippen LogP contribution in [0.3, 0.4) is 0 Å². The molecule has 1 aliphatic rings. The van der Waals surface area contributed by atoms with Gasteiger partial charge in [-0.2, -0.15) is 0 Å². The molecule has 1 rings (SSSR count). The fourth-order valence-corrected chi connectivity index (χ4v) is 2.78. The molecule has 1 fully saturated rings. The Balaban J connectivity index is 2.55. The zero-order valence-electron chi connectivity index (χ0n) is 7.99. The summed E-state index contributed by atoms with van der Waals surface area (Å²) in [4.78, 5) is 0. The van der Waals surface area contributed by atoms with Crippen molar-refractivity contribution >= 4 is 10.0 Å². The topological polar surface area (TPSA) is 72.2 Å². The van der Waals surface area contributed by atoms with Crippen molar-refractivity contribution in [2.75, 3.05) is 12.8 Å². The van der Waals surface area contributed by atoms with Crippen LogP contribution in [-0.2, 0) is 10.0 Å². The maximum Gasteiger partial charge on any atom is 0.208 e. The largest absolute Gasteiger partial charge is 0.330 e. The molecule has 3 N–H and O–H groups in total. The zero-order valence-corrected chi connectivity index (χ0v) is 8.81. The lowest BCUT2D eigenvalue weighted by Gasteiger charge is -2.30. The Kier molecular flexibility index (Phi) is 3.70. The van der Waals surface area contributed by atoms with Crippen molar-refractivity contribution in [2.24, 2.45) is 11.7 Å². The molecule has 0 aromatic rings. The number of sulfonamides is 1. The average Bonchev–Trinajstić information content (AvgIpc) is 2.02. The van der Waals surface area contributed by atoms with E-state index in [1.54, 1.807) is 0 Å². The van der Waals surface area contributed by atoms with Crippen LogP contribution in [0.5, 0.6) is 0 Å². The summed E-state index contributed by atoms with van der Waals surface area (Å²) in [7, 11) is -3.07. The normalized spacial score (nSPS) is 30.3. The molecular formula is C8H18N2O2S. The summed E-state index contributed by atoms with van der Waals surface area (Å²) in [5.41, 5.74) is 5.58. The van der Waals surface area contributed by atoms with Gasteiger partial charge in [0.15, 0.2) is 0 Å². The third kappa shape index (κ3) is 3.62. The molecule has 78 valence electrons. The van der Waals surface area contributed by atoms with Crippen LogP contribution < -0.4 is 10.5 Å². The summed E-state index contributed by atoms with van der Waals surface area (Å²) >= 11 is 0. The van der Waals surface area contributed by atoms with Crippen LogP contribution in [0.15, 0.2) is 0 Å². The van der Waals surface area contributed by atoms with Gasteiger partial charge in [0.25, 0.3) is 0 Å². The second-order valence-corrected chi connectivity index (χ2v) is 5.56. The predicted molar refractivity (Wildman–Crippen MR) is 52.8 cm³/mol. The summed E-state index contributed by atoms with van der Waals surface area (Å²) < 4.78 is 24.7. The van der Waals surface area contributed by atoms with Gasteiger partial charge < -0.3 is 5.73 Å². The minimum absolute atomic E-state index is 0.0637. The Hall–Kier alpha value is -0.130. The smallest absolute Gasteiger partial charge is 0.208 e. The van der Waals surface area contributed by atoms with Gasteiger partial charge in [-0.3, -0.25) is 0 Å². The average molecular weight is 206 g/mol. The molecule has 4 nitrogen and oxygen atoms in total. The Morgan fingerprint density at radius 2 is 2.00 bits per heavy atom. The van der Waals surface area contributed by atoms with Crippen LogP contribution >= 0.6 is 0 Å². The molecule has 0 aromatic heterocycles. The predicted octanol–water partition coefficient (Wildman–Crippen LogP) is 0.0531. The first-order chi connectivity index (χ1) is 6.03. The molecule has 0 amide bonds. The highest BCUT2D eigenvalue weighted by atomic mass is 32.2. The molecule has 0 saturated heterocycles. The van der Waals surface area contributed by atoms with Gasteiger partial charge in [-0.05, 0) is 25.3 Å². The minimum atomic E-state index is -3.07. The second-order valence-electron chi connectivity index (χ2n) is 3.78. The molecule has 0 unspecified atom stereocenters. The van der Waals surface area contributed by atoms with E-state index in [-0.39, 0.29) is 6.04 Å². The van der Waals surface area contributed by atoms with E-state index in [0.29, 0.717) is 12.5 Å². The van der Waals surface area contributed by atoms with E-state index in [1.165, 1.54) is 12.7 Å². The van der Waals surface area contributed by atoms with Crippen LogP contribution in [0.1, 0.15) is 25.7 Å². The third-order valence-corrected chi connectivity index (χ3v) is 3.31. The summed E-state index contributed by atoms with van der Waals surface area (Å²) in [6, 6.07) is 0.0637. The highest BCUT2D eigenvalue weighted by Gasteiger charge is 2.25. The van der Waals surface area contributed by atoms with Crippen LogP contribution in [0.25, 0.3) is 0 Å². The zero-order chi connectivity index (χ0) is 9.90. The van der Waals surface area contributed by atoms with Crippen molar-refractivity contribution in [1.29, 1.82) is 0 Å². The van der Waals surface area contributed by atoms with Crippen LogP contribution in [0.2, 0.25) is 0 Å². The van der Waals surface area contributed by atoms with E-state index in [4.69, 9.17) is 5.73 Å². The summed E-state index contributed by atoms with van der Waals surface area (Å²) in [5.74, 6) is 0.323. The molecule has 2 atom stereocenters. The maximum absolute atomic E-state index is 11.0. The summed E-state index contributed by atoms with van der Waals surface area (Å²) in [6.07, 6.45) is 5.45. The Morgan fingerprint density at radius 3 is 2.54 bits per heavy atom. The lowest BCUT2D eigenvalue weighted by molar-refractivity contribution is 0.296. The van der Waals surface area contributed by atoms with Gasteiger partial charge in [-0.25, -0.2) is 13.1 Å². The van der Waals surface area contributed by atoms with Gasteiger partial charge in [0.05, 0.1) is 6.26 Å². The Morgan fingerprint density at radius 1 is 1.38 bits per heavy atom. The van der Waals surface area contributed by atoms with Crippen molar-refractivity contribution < 1.29 is 8.42 Å². The Labute approximate surface area is 79.9 Å². The fourth-order valence-electron chi connectivity index (χ4n) is 1.92.